The first kappa shape index (κ1) is 15.7. The fourth-order valence-corrected chi connectivity index (χ4v) is 3.72. The average molecular weight is 298 g/mol. The Kier molecular flexibility index (Phi) is 4.69. The maximum absolute atomic E-state index is 12.7. The van der Waals surface area contributed by atoms with Crippen molar-refractivity contribution < 1.29 is 9.53 Å². The quantitative estimate of drug-likeness (QED) is 0.785. The third-order valence-electron chi connectivity index (χ3n) is 4.65. The number of amides is 1. The van der Waals surface area contributed by atoms with E-state index >= 15 is 0 Å². The maximum atomic E-state index is 12.7. The Hall–Kier alpha value is -0.680. The van der Waals surface area contributed by atoms with E-state index < -0.39 is 5.41 Å². The van der Waals surface area contributed by atoms with Crippen LogP contribution in [-0.4, -0.2) is 29.1 Å². The van der Waals surface area contributed by atoms with Crippen molar-refractivity contribution in [1.29, 1.82) is 0 Å². The number of hydrogen-bond donors (Lipinski definition) is 2. The van der Waals surface area contributed by atoms with E-state index in [0.29, 0.717) is 11.6 Å². The molecule has 0 aromatic carbocycles. The molecule has 1 heterocycles. The molecule has 3 N–H and O–H groups in total. The lowest BCUT2D eigenvalue weighted by molar-refractivity contribution is -0.131. The lowest BCUT2D eigenvalue weighted by atomic mass is 9.73. The molecule has 2 rings (SSSR count). The smallest absolute Gasteiger partial charge is 0.233 e. The Morgan fingerprint density at radius 3 is 2.50 bits per heavy atom. The van der Waals surface area contributed by atoms with Crippen molar-refractivity contribution in [3.05, 3.63) is 0 Å². The Labute approximate surface area is 126 Å². The predicted octanol–water partition coefficient (Wildman–Crippen LogP) is 2.30. The van der Waals surface area contributed by atoms with Crippen LogP contribution in [0.25, 0.3) is 0 Å². The average Bonchev–Trinajstić information content (AvgIpc) is 2.38. The van der Waals surface area contributed by atoms with E-state index in [1.54, 1.807) is 0 Å². The van der Waals surface area contributed by atoms with E-state index in [1.807, 2.05) is 0 Å². The molecule has 1 unspecified atom stereocenters. The minimum atomic E-state index is -0.615. The fourth-order valence-electron chi connectivity index (χ4n) is 3.42. The Balaban J connectivity index is 2.03. The molecule has 20 heavy (non-hydrogen) atoms. The summed E-state index contributed by atoms with van der Waals surface area (Å²) in [6.07, 6.45) is 6.52. The van der Waals surface area contributed by atoms with Gasteiger partial charge in [-0.05, 0) is 39.5 Å². The fraction of sp³-hybridized carbons (Fsp3) is 0.867. The number of nitrogens with one attached hydrogen (secondary N) is 1. The third kappa shape index (κ3) is 3.31. The normalized spacial score (nSPS) is 28.6. The van der Waals surface area contributed by atoms with Crippen LogP contribution in [0.2, 0.25) is 0 Å². The molecular weight excluding hydrogens is 272 g/mol. The van der Waals surface area contributed by atoms with Gasteiger partial charge in [0.1, 0.15) is 0 Å². The van der Waals surface area contributed by atoms with E-state index in [-0.39, 0.29) is 17.6 Å². The van der Waals surface area contributed by atoms with Gasteiger partial charge in [0.15, 0.2) is 0 Å². The van der Waals surface area contributed by atoms with Crippen LogP contribution < -0.4 is 11.1 Å². The third-order valence-corrected chi connectivity index (χ3v) is 5.04. The molecule has 1 saturated heterocycles. The first-order valence-corrected chi connectivity index (χ1v) is 8.01. The molecule has 1 saturated carbocycles. The van der Waals surface area contributed by atoms with Crippen molar-refractivity contribution in [2.45, 2.75) is 70.4 Å². The van der Waals surface area contributed by atoms with Gasteiger partial charge in [-0.25, -0.2) is 0 Å². The van der Waals surface area contributed by atoms with Gasteiger partial charge in [-0.3, -0.25) is 4.79 Å². The molecular formula is C15H26N2O2S. The Morgan fingerprint density at radius 2 is 1.95 bits per heavy atom. The van der Waals surface area contributed by atoms with E-state index in [4.69, 9.17) is 22.7 Å². The van der Waals surface area contributed by atoms with Gasteiger partial charge >= 0.3 is 0 Å². The molecule has 5 heteroatoms. The lowest BCUT2D eigenvalue weighted by Gasteiger charge is -2.39. The van der Waals surface area contributed by atoms with Crippen LogP contribution in [0, 0.1) is 5.41 Å². The number of carbonyl (C=O) groups excluding carboxylic acids is 1. The van der Waals surface area contributed by atoms with Crippen molar-refractivity contribution in [2.24, 2.45) is 11.1 Å². The van der Waals surface area contributed by atoms with Crippen LogP contribution in [0.4, 0.5) is 0 Å². The van der Waals surface area contributed by atoms with Crippen LogP contribution in [-0.2, 0) is 9.53 Å². The van der Waals surface area contributed by atoms with Crippen molar-refractivity contribution in [3.8, 4) is 0 Å². The summed E-state index contributed by atoms with van der Waals surface area (Å²) in [5.74, 6) is 0.0346. The van der Waals surface area contributed by atoms with Gasteiger partial charge in [0.2, 0.25) is 5.91 Å². The number of ether oxygens (including phenoxy) is 1. The molecule has 0 spiro atoms. The van der Waals surface area contributed by atoms with E-state index in [0.717, 1.165) is 38.5 Å². The molecule has 0 radical (unpaired) electrons. The molecule has 114 valence electrons. The van der Waals surface area contributed by atoms with Crippen molar-refractivity contribution in [1.82, 2.24) is 5.32 Å². The van der Waals surface area contributed by atoms with Crippen LogP contribution in [0.1, 0.15) is 58.8 Å². The van der Waals surface area contributed by atoms with Gasteiger partial charge in [0.25, 0.3) is 0 Å². The second kappa shape index (κ2) is 5.98. The first-order chi connectivity index (χ1) is 9.36. The van der Waals surface area contributed by atoms with Gasteiger partial charge in [-0.1, -0.05) is 31.5 Å². The van der Waals surface area contributed by atoms with Gasteiger partial charge in [-0.15, -0.1) is 0 Å². The first-order valence-electron chi connectivity index (χ1n) is 7.61. The van der Waals surface area contributed by atoms with Crippen molar-refractivity contribution >= 4 is 23.1 Å². The molecule has 0 aromatic heterocycles. The molecule has 2 aliphatic rings. The zero-order chi connectivity index (χ0) is 14.8. The van der Waals surface area contributed by atoms with Crippen molar-refractivity contribution in [2.75, 3.05) is 6.61 Å². The molecule has 1 aliphatic heterocycles. The minimum Gasteiger partial charge on any atom is -0.392 e. The van der Waals surface area contributed by atoms with Crippen LogP contribution in [0.3, 0.4) is 0 Å². The summed E-state index contributed by atoms with van der Waals surface area (Å²) in [6.45, 7) is 4.82. The Bertz CT molecular complexity index is 389. The number of nitrogens with two attached hydrogens (primary N) is 1. The van der Waals surface area contributed by atoms with E-state index in [2.05, 4.69) is 19.2 Å². The summed E-state index contributed by atoms with van der Waals surface area (Å²) >= 11 is 5.21. The van der Waals surface area contributed by atoms with Crippen LogP contribution >= 0.6 is 12.2 Å². The molecule has 1 amide bonds. The molecule has 4 nitrogen and oxygen atoms in total. The van der Waals surface area contributed by atoms with Gasteiger partial charge in [0.05, 0.1) is 16.0 Å². The summed E-state index contributed by atoms with van der Waals surface area (Å²) < 4.78 is 5.69. The number of thiocarbonyl (C=S) groups is 1. The second-order valence-corrected chi connectivity index (χ2v) is 7.22. The summed E-state index contributed by atoms with van der Waals surface area (Å²) in [5, 5.41) is 3.18. The van der Waals surface area contributed by atoms with E-state index in [9.17, 15) is 4.79 Å². The summed E-state index contributed by atoms with van der Waals surface area (Å²) in [7, 11) is 0. The maximum Gasteiger partial charge on any atom is 0.233 e. The number of rotatable bonds is 3. The highest BCUT2D eigenvalue weighted by Gasteiger charge is 2.43. The zero-order valence-electron chi connectivity index (χ0n) is 12.5. The topological polar surface area (TPSA) is 64.4 Å². The van der Waals surface area contributed by atoms with Gasteiger partial charge in [-0.2, -0.15) is 0 Å². The predicted molar refractivity (Wildman–Crippen MR) is 83.5 cm³/mol. The number of hydrogen-bond acceptors (Lipinski definition) is 3. The minimum absolute atomic E-state index is 0.0346. The molecule has 0 aromatic rings. The summed E-state index contributed by atoms with van der Waals surface area (Å²) in [4.78, 5) is 13.1. The highest BCUT2D eigenvalue weighted by atomic mass is 32.1. The number of carbonyl (C=O) groups is 1. The standard InChI is InChI=1S/C15H26N2O2S/c1-14(2)10-11(6-9-19-14)17-13(18)15(12(16)20)7-4-3-5-8-15/h11H,3-10H2,1-2H3,(H2,16,20)(H,17,18). The van der Waals surface area contributed by atoms with Crippen LogP contribution in [0.5, 0.6) is 0 Å². The van der Waals surface area contributed by atoms with Crippen molar-refractivity contribution in [3.63, 3.8) is 0 Å². The molecule has 1 atom stereocenters. The Morgan fingerprint density at radius 1 is 1.30 bits per heavy atom. The monoisotopic (exact) mass is 298 g/mol. The highest BCUT2D eigenvalue weighted by molar-refractivity contribution is 7.80. The largest absolute Gasteiger partial charge is 0.392 e. The van der Waals surface area contributed by atoms with E-state index in [1.165, 1.54) is 6.42 Å². The second-order valence-electron chi connectivity index (χ2n) is 6.78. The van der Waals surface area contributed by atoms with Crippen LogP contribution in [0.15, 0.2) is 0 Å². The lowest BCUT2D eigenvalue weighted by Crippen LogP contribution is -2.54. The molecule has 0 bridgehead atoms. The molecule has 1 aliphatic carbocycles. The molecule has 2 fully saturated rings. The summed E-state index contributed by atoms with van der Waals surface area (Å²) in [6, 6.07) is 0.166. The highest BCUT2D eigenvalue weighted by Crippen LogP contribution is 2.37. The SMILES string of the molecule is CC1(C)CC(NC(=O)C2(C(N)=S)CCCCC2)CCO1. The van der Waals surface area contributed by atoms with Gasteiger partial charge in [0, 0.05) is 12.6 Å². The van der Waals surface area contributed by atoms with Gasteiger partial charge < -0.3 is 15.8 Å². The zero-order valence-corrected chi connectivity index (χ0v) is 13.4. The summed E-state index contributed by atoms with van der Waals surface area (Å²) in [5.41, 5.74) is 5.12.